The Balaban J connectivity index is 1.16. The summed E-state index contributed by atoms with van der Waals surface area (Å²) in [6.45, 7) is 7.68. The van der Waals surface area contributed by atoms with Gasteiger partial charge < -0.3 is 14.7 Å². The maximum Gasteiger partial charge on any atom is 0.321 e. The van der Waals surface area contributed by atoms with Crippen LogP contribution >= 0.6 is 0 Å². The fourth-order valence-corrected chi connectivity index (χ4v) is 4.33. The van der Waals surface area contributed by atoms with Crippen LogP contribution in [0.1, 0.15) is 60.5 Å². The van der Waals surface area contributed by atoms with Crippen molar-refractivity contribution in [3.63, 3.8) is 0 Å². The molecule has 7 nitrogen and oxygen atoms in total. The Morgan fingerprint density at radius 3 is 2.79 bits per heavy atom. The van der Waals surface area contributed by atoms with Gasteiger partial charge in [0.05, 0.1) is 12.0 Å². The van der Waals surface area contributed by atoms with Gasteiger partial charge in [0.25, 0.3) is 0 Å². The SMILES string of the molecule is Cc1ccc(NC(=O)N2CC(c3noc(C4CCCN4CC4CC4)n3)C2)cc1C. The molecule has 0 bridgehead atoms. The van der Waals surface area contributed by atoms with E-state index in [0.717, 1.165) is 42.8 Å². The maximum absolute atomic E-state index is 12.5. The number of hydrogen-bond donors (Lipinski definition) is 1. The lowest BCUT2D eigenvalue weighted by Gasteiger charge is -2.37. The minimum Gasteiger partial charge on any atom is -0.338 e. The first-order chi connectivity index (χ1) is 14.1. The van der Waals surface area contributed by atoms with Crippen LogP contribution in [0.15, 0.2) is 22.7 Å². The summed E-state index contributed by atoms with van der Waals surface area (Å²) in [7, 11) is 0. The monoisotopic (exact) mass is 395 g/mol. The highest BCUT2D eigenvalue weighted by molar-refractivity contribution is 5.90. The molecule has 29 heavy (non-hydrogen) atoms. The summed E-state index contributed by atoms with van der Waals surface area (Å²) in [4.78, 5) is 21.5. The summed E-state index contributed by atoms with van der Waals surface area (Å²) in [5.74, 6) is 2.54. The Kier molecular flexibility index (Phi) is 4.78. The van der Waals surface area contributed by atoms with Crippen LogP contribution in [-0.4, -0.2) is 52.2 Å². The Bertz CT molecular complexity index is 900. The number of urea groups is 1. The van der Waals surface area contributed by atoms with E-state index in [0.29, 0.717) is 13.1 Å². The van der Waals surface area contributed by atoms with E-state index in [1.807, 2.05) is 18.2 Å². The molecule has 5 rings (SSSR count). The van der Waals surface area contributed by atoms with E-state index in [9.17, 15) is 4.79 Å². The van der Waals surface area contributed by atoms with Crippen LogP contribution in [0.25, 0.3) is 0 Å². The van der Waals surface area contributed by atoms with Gasteiger partial charge in [-0.2, -0.15) is 4.98 Å². The molecule has 1 N–H and O–H groups in total. The van der Waals surface area contributed by atoms with Crippen LogP contribution in [0, 0.1) is 19.8 Å². The average Bonchev–Trinajstić information content (AvgIpc) is 3.13. The molecule has 1 atom stereocenters. The number of anilines is 1. The van der Waals surface area contributed by atoms with Gasteiger partial charge in [-0.15, -0.1) is 0 Å². The van der Waals surface area contributed by atoms with Crippen molar-refractivity contribution in [2.75, 3.05) is 31.5 Å². The number of aromatic nitrogens is 2. The highest BCUT2D eigenvalue weighted by Crippen LogP contribution is 2.37. The number of hydrogen-bond acceptors (Lipinski definition) is 5. The molecule has 1 aromatic heterocycles. The maximum atomic E-state index is 12.5. The molecule has 1 aromatic carbocycles. The molecule has 1 saturated carbocycles. The summed E-state index contributed by atoms with van der Waals surface area (Å²) in [6, 6.07) is 6.18. The predicted molar refractivity (Wildman–Crippen MR) is 110 cm³/mol. The second-order valence-electron chi connectivity index (χ2n) is 8.92. The molecule has 1 aliphatic carbocycles. The number of benzene rings is 1. The van der Waals surface area contributed by atoms with E-state index in [1.165, 1.54) is 30.4 Å². The third-order valence-corrected chi connectivity index (χ3v) is 6.59. The number of nitrogens with zero attached hydrogens (tertiary/aromatic N) is 4. The molecule has 2 aromatic rings. The van der Waals surface area contributed by atoms with Crippen LogP contribution in [0.2, 0.25) is 0 Å². The van der Waals surface area contributed by atoms with E-state index in [1.54, 1.807) is 4.90 Å². The van der Waals surface area contributed by atoms with E-state index >= 15 is 0 Å². The minimum atomic E-state index is -0.0698. The smallest absolute Gasteiger partial charge is 0.321 e. The van der Waals surface area contributed by atoms with E-state index in [2.05, 4.69) is 29.2 Å². The zero-order chi connectivity index (χ0) is 20.0. The summed E-state index contributed by atoms with van der Waals surface area (Å²) >= 11 is 0. The standard InChI is InChI=1S/C22H29N5O2/c1-14-5-8-18(10-15(14)2)23-22(28)27-12-17(13-27)20-24-21(29-25-20)19-4-3-9-26(19)11-16-6-7-16/h5,8,10,16-17,19H,3-4,6-7,9,11-13H2,1-2H3,(H,23,28). The quantitative estimate of drug-likeness (QED) is 0.832. The third kappa shape index (κ3) is 3.88. The average molecular weight is 396 g/mol. The lowest BCUT2D eigenvalue weighted by atomic mass is 10.00. The van der Waals surface area contributed by atoms with Crippen molar-refractivity contribution in [2.45, 2.75) is 51.5 Å². The van der Waals surface area contributed by atoms with Crippen LogP contribution in [0.3, 0.4) is 0 Å². The number of aryl methyl sites for hydroxylation is 2. The first kappa shape index (κ1) is 18.6. The van der Waals surface area contributed by atoms with E-state index < -0.39 is 0 Å². The van der Waals surface area contributed by atoms with Gasteiger partial charge in [0.1, 0.15) is 0 Å². The molecule has 2 amide bonds. The van der Waals surface area contributed by atoms with Crippen LogP contribution in [-0.2, 0) is 0 Å². The Hall–Kier alpha value is -2.41. The molecule has 0 radical (unpaired) electrons. The van der Waals surface area contributed by atoms with Gasteiger partial charge in [0.15, 0.2) is 5.82 Å². The number of nitrogens with one attached hydrogen (secondary N) is 1. The number of carbonyl (C=O) groups is 1. The number of likely N-dealkylation sites (tertiary alicyclic amines) is 2. The molecule has 7 heteroatoms. The Morgan fingerprint density at radius 2 is 2.03 bits per heavy atom. The molecular weight excluding hydrogens is 366 g/mol. The van der Waals surface area contributed by atoms with Crippen molar-refractivity contribution in [3.8, 4) is 0 Å². The fraction of sp³-hybridized carbons (Fsp3) is 0.591. The second kappa shape index (κ2) is 7.44. The highest BCUT2D eigenvalue weighted by atomic mass is 16.5. The van der Waals surface area contributed by atoms with Crippen LogP contribution < -0.4 is 5.32 Å². The molecule has 2 aliphatic heterocycles. The van der Waals surface area contributed by atoms with E-state index in [4.69, 9.17) is 9.51 Å². The lowest BCUT2D eigenvalue weighted by molar-refractivity contribution is 0.159. The van der Waals surface area contributed by atoms with Crippen molar-refractivity contribution in [3.05, 3.63) is 41.0 Å². The fourth-order valence-electron chi connectivity index (χ4n) is 4.33. The Labute approximate surface area is 171 Å². The largest absolute Gasteiger partial charge is 0.338 e. The lowest BCUT2D eigenvalue weighted by Crippen LogP contribution is -2.50. The van der Waals surface area contributed by atoms with Crippen molar-refractivity contribution < 1.29 is 9.32 Å². The normalized spacial score (nSPS) is 22.7. The summed E-state index contributed by atoms with van der Waals surface area (Å²) in [6.07, 6.45) is 5.02. The van der Waals surface area contributed by atoms with Crippen molar-refractivity contribution >= 4 is 11.7 Å². The summed E-state index contributed by atoms with van der Waals surface area (Å²) in [5, 5.41) is 7.22. The molecule has 154 valence electrons. The van der Waals surface area contributed by atoms with Gasteiger partial charge in [-0.3, -0.25) is 4.90 Å². The molecule has 1 unspecified atom stereocenters. The van der Waals surface area contributed by atoms with Crippen LogP contribution in [0.4, 0.5) is 10.5 Å². The molecule has 3 fully saturated rings. The number of rotatable bonds is 5. The first-order valence-electron chi connectivity index (χ1n) is 10.8. The van der Waals surface area contributed by atoms with Crippen LogP contribution in [0.5, 0.6) is 0 Å². The van der Waals surface area contributed by atoms with Gasteiger partial charge >= 0.3 is 6.03 Å². The third-order valence-electron chi connectivity index (χ3n) is 6.59. The van der Waals surface area contributed by atoms with Gasteiger partial charge in [0.2, 0.25) is 5.89 Å². The van der Waals surface area contributed by atoms with Gasteiger partial charge in [-0.25, -0.2) is 4.79 Å². The molecule has 3 aliphatic rings. The van der Waals surface area contributed by atoms with E-state index in [-0.39, 0.29) is 18.0 Å². The minimum absolute atomic E-state index is 0.0698. The second-order valence-corrected chi connectivity index (χ2v) is 8.92. The molecule has 2 saturated heterocycles. The number of amides is 2. The van der Waals surface area contributed by atoms with Crippen molar-refractivity contribution in [1.29, 1.82) is 0 Å². The van der Waals surface area contributed by atoms with Gasteiger partial charge in [-0.1, -0.05) is 11.2 Å². The predicted octanol–water partition coefficient (Wildman–Crippen LogP) is 3.86. The van der Waals surface area contributed by atoms with Gasteiger partial charge in [-0.05, 0) is 75.3 Å². The Morgan fingerprint density at radius 1 is 1.21 bits per heavy atom. The molecule has 0 spiro atoms. The van der Waals surface area contributed by atoms with Crippen molar-refractivity contribution in [2.24, 2.45) is 5.92 Å². The highest BCUT2D eigenvalue weighted by Gasteiger charge is 2.38. The zero-order valence-corrected chi connectivity index (χ0v) is 17.2. The first-order valence-corrected chi connectivity index (χ1v) is 10.8. The zero-order valence-electron chi connectivity index (χ0n) is 17.2. The topological polar surface area (TPSA) is 74.5 Å². The summed E-state index contributed by atoms with van der Waals surface area (Å²) in [5.41, 5.74) is 3.23. The molecular formula is C22H29N5O2. The summed E-state index contributed by atoms with van der Waals surface area (Å²) < 4.78 is 5.63. The number of carbonyl (C=O) groups excluding carboxylic acids is 1. The van der Waals surface area contributed by atoms with Gasteiger partial charge in [0, 0.05) is 25.3 Å². The molecule has 3 heterocycles. The van der Waals surface area contributed by atoms with Crippen molar-refractivity contribution in [1.82, 2.24) is 19.9 Å².